The molecule has 0 aliphatic carbocycles. The van der Waals surface area contributed by atoms with Gasteiger partial charge in [-0.15, -0.1) is 0 Å². The van der Waals surface area contributed by atoms with Gasteiger partial charge in [-0.1, -0.05) is 0 Å². The van der Waals surface area contributed by atoms with Crippen molar-refractivity contribution in [1.82, 2.24) is 3.97 Å². The Balaban J connectivity index is 2.82. The predicted octanol–water partition coefficient (Wildman–Crippen LogP) is 5.65. The lowest BCUT2D eigenvalue weighted by Gasteiger charge is -2.11. The van der Waals surface area contributed by atoms with Crippen LogP contribution in [0.15, 0.2) is 16.6 Å². The highest BCUT2D eigenvalue weighted by Crippen LogP contribution is 2.41. The number of benzene rings is 1. The summed E-state index contributed by atoms with van der Waals surface area (Å²) in [6.07, 6.45) is -4.61. The molecule has 0 spiro atoms. The number of aryl methyl sites for hydroxylation is 1. The van der Waals surface area contributed by atoms with E-state index in [0.717, 1.165) is 12.2 Å². The van der Waals surface area contributed by atoms with Crippen LogP contribution in [0, 0.1) is 12.7 Å². The molecule has 104 valence electrons. The van der Waals surface area contributed by atoms with E-state index in [9.17, 15) is 17.6 Å². The van der Waals surface area contributed by atoms with E-state index in [1.807, 2.05) is 0 Å². The van der Waals surface area contributed by atoms with Gasteiger partial charge in [0.1, 0.15) is 41.1 Å². The zero-order valence-corrected chi connectivity index (χ0v) is 13.7. The molecule has 0 saturated carbocycles. The highest BCUT2D eigenvalue weighted by atomic mass is 127. The Kier molecular flexibility index (Phi) is 4.38. The highest BCUT2D eigenvalue weighted by molar-refractivity contribution is 14.1. The molecule has 0 aliphatic heterocycles. The molecule has 0 fully saturated rings. The summed E-state index contributed by atoms with van der Waals surface area (Å²) < 4.78 is 58.3. The number of alkyl halides is 3. The molecule has 0 N–H and O–H groups in total. The van der Waals surface area contributed by atoms with Crippen molar-refractivity contribution in [3.8, 4) is 0 Å². The average molecular weight is 470 g/mol. The molecule has 19 heavy (non-hydrogen) atoms. The summed E-state index contributed by atoms with van der Waals surface area (Å²) in [5.41, 5.74) is -0.398. The summed E-state index contributed by atoms with van der Waals surface area (Å²) in [7, 11) is 0. The Morgan fingerprint density at radius 3 is 2.53 bits per heavy atom. The number of rotatable bonds is 2. The van der Waals surface area contributed by atoms with Crippen LogP contribution in [0.2, 0.25) is 0 Å². The van der Waals surface area contributed by atoms with Gasteiger partial charge in [-0.05, 0) is 35.0 Å². The van der Waals surface area contributed by atoms with E-state index >= 15 is 0 Å². The summed E-state index contributed by atoms with van der Waals surface area (Å²) >= 11 is 5.34. The summed E-state index contributed by atoms with van der Waals surface area (Å²) in [4.78, 5) is 0. The Hall–Kier alpha value is -0.000000000000000111. The Bertz CT molecular complexity index is 643. The van der Waals surface area contributed by atoms with Crippen LogP contribution in [0.4, 0.5) is 17.6 Å². The van der Waals surface area contributed by atoms with Crippen molar-refractivity contribution in [1.29, 1.82) is 0 Å². The van der Waals surface area contributed by atoms with Crippen molar-refractivity contribution in [2.24, 2.45) is 0 Å². The Morgan fingerprint density at radius 2 is 2.00 bits per heavy atom. The third-order valence-electron chi connectivity index (χ3n) is 2.51. The number of aromatic nitrogens is 1. The Labute approximate surface area is 132 Å². The van der Waals surface area contributed by atoms with Crippen LogP contribution < -0.4 is 0 Å². The van der Waals surface area contributed by atoms with Crippen LogP contribution in [0.25, 0.3) is 10.9 Å². The second-order valence-electron chi connectivity index (χ2n) is 3.70. The molecular formula is C10H5BrF4INOS. The zero-order chi connectivity index (χ0) is 14.4. The van der Waals surface area contributed by atoms with Crippen LogP contribution in [-0.4, -0.2) is 3.97 Å². The van der Waals surface area contributed by atoms with E-state index in [1.54, 1.807) is 29.9 Å². The van der Waals surface area contributed by atoms with E-state index in [-0.39, 0.29) is 15.4 Å². The molecule has 0 aliphatic rings. The van der Waals surface area contributed by atoms with Crippen LogP contribution in [0.3, 0.4) is 0 Å². The summed E-state index contributed by atoms with van der Waals surface area (Å²) in [5, 5.41) is 0.158. The first-order chi connectivity index (χ1) is 8.77. The average Bonchev–Trinajstić information content (AvgIpc) is 2.61. The van der Waals surface area contributed by atoms with Crippen LogP contribution in [-0.2, 0) is 8.69 Å². The maximum Gasteiger partial charge on any atom is 0.417 e. The lowest BCUT2D eigenvalue weighted by molar-refractivity contribution is -0.138. The molecule has 0 bridgehead atoms. The number of nitrogens with zero attached hydrogens (tertiary/aromatic N) is 1. The van der Waals surface area contributed by atoms with Crippen molar-refractivity contribution in [2.75, 3.05) is 0 Å². The predicted molar refractivity (Wildman–Crippen MR) is 77.4 cm³/mol. The lowest BCUT2D eigenvalue weighted by atomic mass is 10.1. The molecule has 1 heterocycles. The molecule has 1 aromatic carbocycles. The quantitative estimate of drug-likeness (QED) is 0.320. The van der Waals surface area contributed by atoms with Gasteiger partial charge >= 0.3 is 6.18 Å². The standard InChI is InChI=1S/C10H5BrF4INOS/c1-4-2-5-8(11)6(10(13,14)15)3-7(12)9(5)17(4)19-18-16/h2-3H,1H3. The van der Waals surface area contributed by atoms with E-state index in [4.69, 9.17) is 2.51 Å². The maximum atomic E-state index is 13.9. The van der Waals surface area contributed by atoms with E-state index in [2.05, 4.69) is 15.9 Å². The van der Waals surface area contributed by atoms with Crippen molar-refractivity contribution in [3.05, 3.63) is 33.7 Å². The van der Waals surface area contributed by atoms with E-state index in [1.165, 1.54) is 10.0 Å². The third-order valence-corrected chi connectivity index (χ3v) is 4.52. The maximum absolute atomic E-state index is 13.9. The SMILES string of the molecule is Cc1cc2c(Br)c(C(F)(F)F)cc(F)c2n1SOI. The number of hydrogen-bond donors (Lipinski definition) is 0. The fourth-order valence-electron chi connectivity index (χ4n) is 1.75. The van der Waals surface area contributed by atoms with Gasteiger partial charge in [0.05, 0.1) is 11.1 Å². The molecule has 1 aromatic heterocycles. The molecule has 9 heteroatoms. The second kappa shape index (κ2) is 5.41. The fourth-order valence-corrected chi connectivity index (χ4v) is 3.36. The molecule has 0 radical (unpaired) electrons. The van der Waals surface area contributed by atoms with Gasteiger partial charge in [0.15, 0.2) is 0 Å². The van der Waals surface area contributed by atoms with Crippen molar-refractivity contribution in [2.45, 2.75) is 13.1 Å². The third kappa shape index (κ3) is 2.74. The summed E-state index contributed by atoms with van der Waals surface area (Å²) in [5.74, 6) is -0.945. The minimum atomic E-state index is -4.61. The van der Waals surface area contributed by atoms with Gasteiger partial charge in [-0.2, -0.15) is 13.2 Å². The van der Waals surface area contributed by atoms with Crippen LogP contribution >= 0.6 is 51.2 Å². The monoisotopic (exact) mass is 469 g/mol. The van der Waals surface area contributed by atoms with Crippen LogP contribution in [0.5, 0.6) is 0 Å². The Morgan fingerprint density at radius 1 is 1.37 bits per heavy atom. The smallest absolute Gasteiger partial charge is 0.261 e. The van der Waals surface area contributed by atoms with E-state index in [0.29, 0.717) is 11.8 Å². The number of halogens is 6. The summed E-state index contributed by atoms with van der Waals surface area (Å²) in [6.45, 7) is 1.65. The molecule has 0 unspecified atom stereocenters. The van der Waals surface area contributed by atoms with Gasteiger partial charge in [-0.25, -0.2) is 6.90 Å². The molecule has 2 nitrogen and oxygen atoms in total. The minimum Gasteiger partial charge on any atom is -0.261 e. The molecule has 0 atom stereocenters. The van der Waals surface area contributed by atoms with Crippen LogP contribution in [0.1, 0.15) is 11.3 Å². The van der Waals surface area contributed by atoms with Crippen molar-refractivity contribution >= 4 is 62.1 Å². The minimum absolute atomic E-state index is 0.0547. The molecular weight excluding hydrogens is 465 g/mol. The van der Waals surface area contributed by atoms with E-state index < -0.39 is 17.6 Å². The van der Waals surface area contributed by atoms with Gasteiger partial charge in [0.25, 0.3) is 0 Å². The molecule has 2 aromatic rings. The van der Waals surface area contributed by atoms with Gasteiger partial charge in [0, 0.05) is 15.6 Å². The number of fused-ring (bicyclic) bond motifs is 1. The number of hydrogen-bond acceptors (Lipinski definition) is 2. The molecule has 0 amide bonds. The van der Waals surface area contributed by atoms with Crippen molar-refractivity contribution < 1.29 is 20.1 Å². The zero-order valence-electron chi connectivity index (χ0n) is 9.19. The first-order valence-electron chi connectivity index (χ1n) is 4.80. The molecule has 2 rings (SSSR count). The lowest BCUT2D eigenvalue weighted by Crippen LogP contribution is -2.07. The van der Waals surface area contributed by atoms with Gasteiger partial charge in [0.2, 0.25) is 0 Å². The van der Waals surface area contributed by atoms with Gasteiger partial charge in [-0.3, -0.25) is 3.97 Å². The normalized spacial score (nSPS) is 12.4. The fraction of sp³-hybridized carbons (Fsp3) is 0.200. The van der Waals surface area contributed by atoms with Gasteiger partial charge < -0.3 is 0 Å². The summed E-state index contributed by atoms with van der Waals surface area (Å²) in [6, 6.07) is 1.95. The first kappa shape index (κ1) is 15.4. The first-order valence-corrected chi connectivity index (χ1v) is 7.17. The second-order valence-corrected chi connectivity index (χ2v) is 6.21. The van der Waals surface area contributed by atoms with Crippen molar-refractivity contribution in [3.63, 3.8) is 0 Å². The highest BCUT2D eigenvalue weighted by Gasteiger charge is 2.35. The molecule has 0 saturated heterocycles. The largest absolute Gasteiger partial charge is 0.417 e. The topological polar surface area (TPSA) is 14.2 Å².